The third-order valence-electron chi connectivity index (χ3n) is 4.89. The molecule has 0 radical (unpaired) electrons. The molecule has 0 aliphatic carbocycles. The fourth-order valence-electron chi connectivity index (χ4n) is 3.35. The van der Waals surface area contributed by atoms with Crippen LogP contribution in [-0.2, 0) is 4.74 Å². The lowest BCUT2D eigenvalue weighted by Gasteiger charge is -2.40. The summed E-state index contributed by atoms with van der Waals surface area (Å²) in [5.74, 6) is 1.81. The molecule has 1 saturated heterocycles. The second kappa shape index (κ2) is 8.09. The summed E-state index contributed by atoms with van der Waals surface area (Å²) >= 11 is 0. The van der Waals surface area contributed by atoms with E-state index in [1.165, 1.54) is 0 Å². The summed E-state index contributed by atoms with van der Waals surface area (Å²) < 4.78 is 17.4. The number of fused-ring (bicyclic) bond motifs is 1. The van der Waals surface area contributed by atoms with E-state index in [0.717, 1.165) is 19.3 Å². The van der Waals surface area contributed by atoms with Gasteiger partial charge in [0.25, 0.3) is 5.91 Å². The molecule has 3 rings (SSSR count). The van der Waals surface area contributed by atoms with Crippen LogP contribution < -0.4 is 9.47 Å². The Morgan fingerprint density at radius 1 is 1.20 bits per heavy atom. The number of carbonyl (C=O) groups is 1. The Labute approximate surface area is 150 Å². The molecule has 0 N–H and O–H groups in total. The highest BCUT2D eigenvalue weighted by Crippen LogP contribution is 2.31. The van der Waals surface area contributed by atoms with Gasteiger partial charge in [0.1, 0.15) is 13.2 Å². The van der Waals surface area contributed by atoms with Crippen molar-refractivity contribution in [2.45, 2.75) is 52.2 Å². The van der Waals surface area contributed by atoms with Crippen molar-refractivity contribution < 1.29 is 19.0 Å². The van der Waals surface area contributed by atoms with Crippen LogP contribution in [0, 0.1) is 5.92 Å². The van der Waals surface area contributed by atoms with E-state index in [0.29, 0.717) is 49.3 Å². The molecule has 2 aliphatic rings. The van der Waals surface area contributed by atoms with E-state index in [-0.39, 0.29) is 18.1 Å². The van der Waals surface area contributed by atoms with Crippen LogP contribution in [0.5, 0.6) is 11.5 Å². The number of rotatable bonds is 5. The maximum atomic E-state index is 13.0. The lowest BCUT2D eigenvalue weighted by Crippen LogP contribution is -2.51. The highest BCUT2D eigenvalue weighted by atomic mass is 16.6. The lowest BCUT2D eigenvalue weighted by atomic mass is 10.0. The van der Waals surface area contributed by atoms with Gasteiger partial charge in [0.05, 0.1) is 12.2 Å². The first-order chi connectivity index (χ1) is 12.1. The first-order valence-corrected chi connectivity index (χ1v) is 9.43. The van der Waals surface area contributed by atoms with Crippen molar-refractivity contribution in [1.29, 1.82) is 0 Å². The molecule has 5 nitrogen and oxygen atoms in total. The fraction of sp³-hybridized carbons (Fsp3) is 0.650. The third kappa shape index (κ3) is 4.27. The molecule has 0 unspecified atom stereocenters. The first-order valence-electron chi connectivity index (χ1n) is 9.43. The van der Waals surface area contributed by atoms with E-state index in [2.05, 4.69) is 20.8 Å². The largest absolute Gasteiger partial charge is 0.486 e. The number of ether oxygens (including phenoxy) is 3. The minimum Gasteiger partial charge on any atom is -0.486 e. The zero-order valence-corrected chi connectivity index (χ0v) is 15.5. The van der Waals surface area contributed by atoms with Gasteiger partial charge in [0, 0.05) is 18.7 Å². The van der Waals surface area contributed by atoms with Gasteiger partial charge in [0.15, 0.2) is 11.5 Å². The maximum absolute atomic E-state index is 13.0. The number of benzene rings is 1. The molecule has 25 heavy (non-hydrogen) atoms. The minimum atomic E-state index is 0.0485. The van der Waals surface area contributed by atoms with Gasteiger partial charge in [-0.05, 0) is 30.5 Å². The third-order valence-corrected chi connectivity index (χ3v) is 4.89. The summed E-state index contributed by atoms with van der Waals surface area (Å²) in [6.07, 6.45) is 3.49. The van der Waals surface area contributed by atoms with Gasteiger partial charge in [-0.25, -0.2) is 0 Å². The maximum Gasteiger partial charge on any atom is 0.254 e. The number of nitrogens with zero attached hydrogens (tertiary/aromatic N) is 1. The number of carbonyl (C=O) groups excluding carboxylic acids is 1. The molecule has 1 aromatic rings. The summed E-state index contributed by atoms with van der Waals surface area (Å²) in [6.45, 7) is 8.87. The van der Waals surface area contributed by atoms with E-state index in [1.54, 1.807) is 6.07 Å². The Morgan fingerprint density at radius 3 is 2.68 bits per heavy atom. The number of morpholine rings is 1. The average Bonchev–Trinajstić information content (AvgIpc) is 2.65. The summed E-state index contributed by atoms with van der Waals surface area (Å²) in [6, 6.07) is 5.46. The summed E-state index contributed by atoms with van der Waals surface area (Å²) in [4.78, 5) is 15.0. The zero-order valence-electron chi connectivity index (χ0n) is 15.5. The Hall–Kier alpha value is -1.75. The Kier molecular flexibility index (Phi) is 5.84. The quantitative estimate of drug-likeness (QED) is 0.818. The highest BCUT2D eigenvalue weighted by Gasteiger charge is 2.32. The zero-order chi connectivity index (χ0) is 17.8. The van der Waals surface area contributed by atoms with Crippen molar-refractivity contribution in [2.24, 2.45) is 5.92 Å². The number of hydrogen-bond donors (Lipinski definition) is 0. The SMILES string of the molecule is CCCC[C@@H]1CN(C(=O)c2ccc3c(c2)OCCO3)C[C@H](C(C)C)O1. The van der Waals surface area contributed by atoms with Crippen LogP contribution in [0.15, 0.2) is 18.2 Å². The van der Waals surface area contributed by atoms with E-state index >= 15 is 0 Å². The Bertz CT molecular complexity index is 601. The predicted molar refractivity (Wildman–Crippen MR) is 96.4 cm³/mol. The molecule has 1 fully saturated rings. The van der Waals surface area contributed by atoms with Crippen molar-refractivity contribution in [3.05, 3.63) is 23.8 Å². The van der Waals surface area contributed by atoms with Crippen LogP contribution in [0.4, 0.5) is 0 Å². The van der Waals surface area contributed by atoms with Crippen LogP contribution in [0.25, 0.3) is 0 Å². The van der Waals surface area contributed by atoms with Crippen molar-refractivity contribution in [3.8, 4) is 11.5 Å². The van der Waals surface area contributed by atoms with Gasteiger partial charge < -0.3 is 19.1 Å². The van der Waals surface area contributed by atoms with Crippen molar-refractivity contribution in [3.63, 3.8) is 0 Å². The minimum absolute atomic E-state index is 0.0485. The predicted octanol–water partition coefficient (Wildman–Crippen LogP) is 3.51. The van der Waals surface area contributed by atoms with Crippen LogP contribution in [0.1, 0.15) is 50.4 Å². The van der Waals surface area contributed by atoms with E-state index < -0.39 is 0 Å². The molecule has 1 amide bonds. The number of unbranched alkanes of at least 4 members (excludes halogenated alkanes) is 1. The summed E-state index contributed by atoms with van der Waals surface area (Å²) in [5, 5.41) is 0. The molecule has 2 aliphatic heterocycles. The van der Waals surface area contributed by atoms with Gasteiger partial charge >= 0.3 is 0 Å². The highest BCUT2D eigenvalue weighted by molar-refractivity contribution is 5.95. The smallest absolute Gasteiger partial charge is 0.254 e. The summed E-state index contributed by atoms with van der Waals surface area (Å²) in [7, 11) is 0. The average molecular weight is 347 g/mol. The molecule has 0 bridgehead atoms. The van der Waals surface area contributed by atoms with Crippen molar-refractivity contribution in [1.82, 2.24) is 4.90 Å². The standard InChI is InChI=1S/C20H29NO4/c1-4-5-6-16-12-21(13-19(25-16)14(2)3)20(22)15-7-8-17-18(11-15)24-10-9-23-17/h7-8,11,14,16,19H,4-6,9-10,12-13H2,1-3H3/t16-,19-/m1/s1. The summed E-state index contributed by atoms with van der Waals surface area (Å²) in [5.41, 5.74) is 0.655. The van der Waals surface area contributed by atoms with Gasteiger partial charge in [0.2, 0.25) is 0 Å². The molecule has 0 spiro atoms. The van der Waals surface area contributed by atoms with E-state index in [4.69, 9.17) is 14.2 Å². The van der Waals surface area contributed by atoms with E-state index in [1.807, 2.05) is 17.0 Å². The molecule has 5 heteroatoms. The van der Waals surface area contributed by atoms with Crippen molar-refractivity contribution >= 4 is 5.91 Å². The number of hydrogen-bond acceptors (Lipinski definition) is 4. The topological polar surface area (TPSA) is 48.0 Å². The molecule has 2 atom stereocenters. The van der Waals surface area contributed by atoms with Crippen molar-refractivity contribution in [2.75, 3.05) is 26.3 Å². The first kappa shape index (κ1) is 18.1. The second-order valence-corrected chi connectivity index (χ2v) is 7.25. The van der Waals surface area contributed by atoms with Crippen LogP contribution in [-0.4, -0.2) is 49.3 Å². The molecule has 1 aromatic carbocycles. The molecular weight excluding hydrogens is 318 g/mol. The molecule has 2 heterocycles. The number of amides is 1. The van der Waals surface area contributed by atoms with Gasteiger partial charge in [-0.1, -0.05) is 33.6 Å². The van der Waals surface area contributed by atoms with Gasteiger partial charge in [-0.15, -0.1) is 0 Å². The van der Waals surface area contributed by atoms with Gasteiger partial charge in [-0.2, -0.15) is 0 Å². The van der Waals surface area contributed by atoms with Crippen LogP contribution in [0.3, 0.4) is 0 Å². The Balaban J connectivity index is 1.75. The van der Waals surface area contributed by atoms with Crippen LogP contribution in [0.2, 0.25) is 0 Å². The molecule has 0 saturated carbocycles. The molecular formula is C20H29NO4. The van der Waals surface area contributed by atoms with Crippen LogP contribution >= 0.6 is 0 Å². The molecule has 0 aromatic heterocycles. The van der Waals surface area contributed by atoms with E-state index in [9.17, 15) is 4.79 Å². The fourth-order valence-corrected chi connectivity index (χ4v) is 3.35. The molecule has 138 valence electrons. The lowest BCUT2D eigenvalue weighted by molar-refractivity contribution is -0.0962. The second-order valence-electron chi connectivity index (χ2n) is 7.25. The normalized spacial score (nSPS) is 23.0. The Morgan fingerprint density at radius 2 is 1.96 bits per heavy atom. The van der Waals surface area contributed by atoms with Gasteiger partial charge in [-0.3, -0.25) is 4.79 Å². The monoisotopic (exact) mass is 347 g/mol.